The van der Waals surface area contributed by atoms with E-state index in [1.165, 1.54) is 16.0 Å². The Bertz CT molecular complexity index is 436. The largest absolute Gasteiger partial charge is 0.367 e. The average Bonchev–Trinajstić information content (AvgIpc) is 2.85. The lowest BCUT2D eigenvalue weighted by Crippen LogP contribution is -2.13. The highest BCUT2D eigenvalue weighted by Crippen LogP contribution is 2.29. The lowest BCUT2D eigenvalue weighted by Gasteiger charge is -2.16. The Balaban J connectivity index is 2.23. The Kier molecular flexibility index (Phi) is 4.31. The maximum atomic E-state index is 5.85. The van der Waals surface area contributed by atoms with Crippen LogP contribution in [0.3, 0.4) is 0 Å². The van der Waals surface area contributed by atoms with Crippen molar-refractivity contribution in [3.63, 3.8) is 0 Å². The summed E-state index contributed by atoms with van der Waals surface area (Å²) in [5.41, 5.74) is 7.96. The Hall–Kier alpha value is -1.16. The van der Waals surface area contributed by atoms with E-state index in [0.717, 1.165) is 0 Å². The predicted octanol–water partition coefficient (Wildman–Crippen LogP) is 3.12. The highest BCUT2D eigenvalue weighted by Gasteiger charge is 2.15. The van der Waals surface area contributed by atoms with Gasteiger partial charge in [0, 0.05) is 11.4 Å². The van der Waals surface area contributed by atoms with Gasteiger partial charge in [0.05, 0.1) is 6.61 Å². The molecular weight excluding hydrogens is 230 g/mol. The molecule has 2 nitrogen and oxygen atoms in total. The molecule has 1 atom stereocenters. The number of nitrogens with two attached hydrogens (primary N) is 1. The molecule has 1 aromatic carbocycles. The highest BCUT2D eigenvalue weighted by molar-refractivity contribution is 7.10. The van der Waals surface area contributed by atoms with Crippen molar-refractivity contribution in [1.29, 1.82) is 0 Å². The number of thiophene rings is 1. The van der Waals surface area contributed by atoms with Gasteiger partial charge in [0.15, 0.2) is 0 Å². The first-order chi connectivity index (χ1) is 8.31. The fraction of sp³-hybridized carbons (Fsp3) is 0.286. The quantitative estimate of drug-likeness (QED) is 0.881. The number of rotatable bonds is 5. The third-order valence-electron chi connectivity index (χ3n) is 2.58. The Labute approximate surface area is 106 Å². The summed E-state index contributed by atoms with van der Waals surface area (Å²) in [6.07, 6.45) is 0.0131. The van der Waals surface area contributed by atoms with Crippen LogP contribution in [0.25, 0.3) is 0 Å². The monoisotopic (exact) mass is 247 g/mol. The molecule has 0 radical (unpaired) electrons. The van der Waals surface area contributed by atoms with E-state index in [0.29, 0.717) is 13.2 Å². The van der Waals surface area contributed by atoms with Crippen LogP contribution in [0.1, 0.15) is 22.1 Å². The predicted molar refractivity (Wildman–Crippen MR) is 72.3 cm³/mol. The minimum Gasteiger partial charge on any atom is -0.367 e. The minimum absolute atomic E-state index is 0.0131. The molecule has 2 aromatic rings. The van der Waals surface area contributed by atoms with Crippen molar-refractivity contribution in [2.45, 2.75) is 13.0 Å². The zero-order chi connectivity index (χ0) is 12.1. The van der Waals surface area contributed by atoms with Crippen LogP contribution in [0.4, 0.5) is 0 Å². The molecule has 3 heteroatoms. The van der Waals surface area contributed by atoms with Crippen molar-refractivity contribution < 1.29 is 4.74 Å². The first-order valence-electron chi connectivity index (χ1n) is 5.73. The van der Waals surface area contributed by atoms with Crippen LogP contribution >= 0.6 is 11.3 Å². The molecule has 0 amide bonds. The Morgan fingerprint density at radius 2 is 2.00 bits per heavy atom. The second kappa shape index (κ2) is 5.96. The molecule has 1 aromatic heterocycles. The lowest BCUT2D eigenvalue weighted by molar-refractivity contribution is 0.0888. The first kappa shape index (κ1) is 12.3. The average molecular weight is 247 g/mol. The maximum absolute atomic E-state index is 5.85. The van der Waals surface area contributed by atoms with Gasteiger partial charge in [-0.05, 0) is 23.9 Å². The Morgan fingerprint density at radius 1 is 1.24 bits per heavy atom. The summed E-state index contributed by atoms with van der Waals surface area (Å²) < 4.78 is 5.85. The van der Waals surface area contributed by atoms with E-state index in [4.69, 9.17) is 10.5 Å². The van der Waals surface area contributed by atoms with Gasteiger partial charge in [0.1, 0.15) is 6.10 Å². The van der Waals surface area contributed by atoms with Crippen LogP contribution in [0.15, 0.2) is 41.8 Å². The van der Waals surface area contributed by atoms with Gasteiger partial charge >= 0.3 is 0 Å². The van der Waals surface area contributed by atoms with Gasteiger partial charge in [-0.25, -0.2) is 0 Å². The van der Waals surface area contributed by atoms with Gasteiger partial charge in [0.25, 0.3) is 0 Å². The molecule has 0 saturated heterocycles. The molecule has 0 aliphatic heterocycles. The third kappa shape index (κ3) is 3.16. The van der Waals surface area contributed by atoms with Crippen LogP contribution < -0.4 is 5.73 Å². The van der Waals surface area contributed by atoms with Crippen molar-refractivity contribution in [3.8, 4) is 0 Å². The van der Waals surface area contributed by atoms with Crippen LogP contribution in [-0.2, 0) is 4.74 Å². The summed E-state index contributed by atoms with van der Waals surface area (Å²) in [6, 6.07) is 12.6. The fourth-order valence-corrected chi connectivity index (χ4v) is 2.51. The van der Waals surface area contributed by atoms with Gasteiger partial charge in [-0.15, -0.1) is 11.3 Å². The zero-order valence-corrected chi connectivity index (χ0v) is 10.7. The highest BCUT2D eigenvalue weighted by atomic mass is 32.1. The molecule has 2 rings (SSSR count). The summed E-state index contributed by atoms with van der Waals surface area (Å²) in [5.74, 6) is 0. The van der Waals surface area contributed by atoms with Gasteiger partial charge in [0.2, 0.25) is 0 Å². The zero-order valence-electron chi connectivity index (χ0n) is 9.93. The molecule has 1 unspecified atom stereocenters. The van der Waals surface area contributed by atoms with E-state index < -0.39 is 0 Å². The van der Waals surface area contributed by atoms with E-state index in [9.17, 15) is 0 Å². The van der Waals surface area contributed by atoms with Crippen LogP contribution in [0.5, 0.6) is 0 Å². The van der Waals surface area contributed by atoms with E-state index in [2.05, 4.69) is 42.6 Å². The molecular formula is C14H17NOS. The second-order valence-corrected chi connectivity index (χ2v) is 4.94. The molecule has 2 N–H and O–H groups in total. The summed E-state index contributed by atoms with van der Waals surface area (Å²) in [7, 11) is 0. The van der Waals surface area contributed by atoms with E-state index in [1.807, 2.05) is 6.07 Å². The number of aryl methyl sites for hydroxylation is 1. The van der Waals surface area contributed by atoms with Crippen molar-refractivity contribution in [1.82, 2.24) is 0 Å². The SMILES string of the molecule is Cc1ccc(C(OCCN)c2cccs2)cc1. The smallest absolute Gasteiger partial charge is 0.117 e. The van der Waals surface area contributed by atoms with Crippen LogP contribution in [0.2, 0.25) is 0 Å². The molecule has 1 heterocycles. The van der Waals surface area contributed by atoms with Crippen molar-refractivity contribution >= 4 is 11.3 Å². The van der Waals surface area contributed by atoms with Gasteiger partial charge < -0.3 is 10.5 Å². The number of hydrogen-bond acceptors (Lipinski definition) is 3. The number of hydrogen-bond donors (Lipinski definition) is 1. The third-order valence-corrected chi connectivity index (χ3v) is 3.50. The van der Waals surface area contributed by atoms with Crippen molar-refractivity contribution in [3.05, 3.63) is 57.8 Å². The van der Waals surface area contributed by atoms with E-state index >= 15 is 0 Å². The normalized spacial score (nSPS) is 12.6. The molecule has 0 spiro atoms. The summed E-state index contributed by atoms with van der Waals surface area (Å²) in [6.45, 7) is 3.22. The summed E-state index contributed by atoms with van der Waals surface area (Å²) in [4.78, 5) is 1.22. The van der Waals surface area contributed by atoms with E-state index in [1.54, 1.807) is 11.3 Å². The van der Waals surface area contributed by atoms with Crippen molar-refractivity contribution in [2.75, 3.05) is 13.2 Å². The molecule has 0 bridgehead atoms. The fourth-order valence-electron chi connectivity index (χ4n) is 1.71. The van der Waals surface area contributed by atoms with Crippen LogP contribution in [0, 0.1) is 6.92 Å². The summed E-state index contributed by atoms with van der Waals surface area (Å²) >= 11 is 1.71. The van der Waals surface area contributed by atoms with Gasteiger partial charge in [-0.2, -0.15) is 0 Å². The molecule has 90 valence electrons. The lowest BCUT2D eigenvalue weighted by atomic mass is 10.1. The van der Waals surface area contributed by atoms with Gasteiger partial charge in [-0.1, -0.05) is 35.9 Å². The van der Waals surface area contributed by atoms with E-state index in [-0.39, 0.29) is 6.10 Å². The first-order valence-corrected chi connectivity index (χ1v) is 6.61. The van der Waals surface area contributed by atoms with Gasteiger partial charge in [-0.3, -0.25) is 0 Å². The minimum atomic E-state index is 0.0131. The molecule has 0 saturated carbocycles. The Morgan fingerprint density at radius 3 is 2.59 bits per heavy atom. The molecule has 0 aliphatic carbocycles. The molecule has 0 fully saturated rings. The topological polar surface area (TPSA) is 35.2 Å². The standard InChI is InChI=1S/C14H17NOS/c1-11-4-6-12(7-5-11)14(16-9-8-15)13-3-2-10-17-13/h2-7,10,14H,8-9,15H2,1H3. The summed E-state index contributed by atoms with van der Waals surface area (Å²) in [5, 5.41) is 2.07. The maximum Gasteiger partial charge on any atom is 0.117 e. The second-order valence-electron chi connectivity index (χ2n) is 3.97. The number of ether oxygens (including phenoxy) is 1. The number of benzene rings is 1. The molecule has 17 heavy (non-hydrogen) atoms. The van der Waals surface area contributed by atoms with Crippen LogP contribution in [-0.4, -0.2) is 13.2 Å². The molecule has 0 aliphatic rings. The van der Waals surface area contributed by atoms with Crippen molar-refractivity contribution in [2.24, 2.45) is 5.73 Å².